The standard InChI is InChI=1S/C14H19ClN2O3/c1-2-17-9-10(15)8-11(17)12(18)16-14(13(19)20)6-4-3-5-7-14/h8-9H,2-7H2,1H3,(H,16,18)(H,19,20). The van der Waals surface area contributed by atoms with Gasteiger partial charge in [0.25, 0.3) is 5.91 Å². The van der Waals surface area contributed by atoms with E-state index in [4.69, 9.17) is 11.6 Å². The summed E-state index contributed by atoms with van der Waals surface area (Å²) < 4.78 is 1.72. The smallest absolute Gasteiger partial charge is 0.329 e. The molecule has 0 aliphatic heterocycles. The first-order valence-electron chi connectivity index (χ1n) is 6.90. The van der Waals surface area contributed by atoms with Gasteiger partial charge in [0.15, 0.2) is 0 Å². The number of aromatic nitrogens is 1. The molecule has 1 saturated carbocycles. The lowest BCUT2D eigenvalue weighted by Crippen LogP contribution is -2.55. The number of halogens is 1. The number of carbonyl (C=O) groups excluding carboxylic acids is 1. The molecule has 0 spiro atoms. The van der Waals surface area contributed by atoms with E-state index in [9.17, 15) is 14.7 Å². The second-order valence-electron chi connectivity index (χ2n) is 5.23. The van der Waals surface area contributed by atoms with Crippen LogP contribution in [-0.4, -0.2) is 27.1 Å². The predicted molar refractivity (Wildman–Crippen MR) is 76.0 cm³/mol. The summed E-state index contributed by atoms with van der Waals surface area (Å²) in [5, 5.41) is 12.7. The Morgan fingerprint density at radius 3 is 2.60 bits per heavy atom. The van der Waals surface area contributed by atoms with Gasteiger partial charge in [-0.15, -0.1) is 0 Å². The van der Waals surface area contributed by atoms with Crippen LogP contribution in [0.5, 0.6) is 0 Å². The quantitative estimate of drug-likeness (QED) is 0.897. The highest BCUT2D eigenvalue weighted by atomic mass is 35.5. The zero-order valence-corrected chi connectivity index (χ0v) is 12.2. The molecular weight excluding hydrogens is 280 g/mol. The first kappa shape index (κ1) is 14.9. The number of amides is 1. The summed E-state index contributed by atoms with van der Waals surface area (Å²) in [5.41, 5.74) is -0.728. The van der Waals surface area contributed by atoms with Crippen molar-refractivity contribution in [1.29, 1.82) is 0 Å². The van der Waals surface area contributed by atoms with E-state index in [-0.39, 0.29) is 5.91 Å². The van der Waals surface area contributed by atoms with Crippen LogP contribution in [-0.2, 0) is 11.3 Å². The highest BCUT2D eigenvalue weighted by molar-refractivity contribution is 6.31. The number of rotatable bonds is 4. The molecule has 0 radical (unpaired) electrons. The van der Waals surface area contributed by atoms with E-state index < -0.39 is 11.5 Å². The molecule has 1 aliphatic carbocycles. The Bertz CT molecular complexity index is 518. The number of hydrogen-bond donors (Lipinski definition) is 2. The molecule has 2 rings (SSSR count). The van der Waals surface area contributed by atoms with Crippen molar-refractivity contribution in [1.82, 2.24) is 9.88 Å². The fraction of sp³-hybridized carbons (Fsp3) is 0.571. The third kappa shape index (κ3) is 2.82. The highest BCUT2D eigenvalue weighted by Crippen LogP contribution is 2.29. The van der Waals surface area contributed by atoms with Gasteiger partial charge in [-0.2, -0.15) is 0 Å². The Hall–Kier alpha value is -1.49. The summed E-state index contributed by atoms with van der Waals surface area (Å²) in [6.45, 7) is 2.51. The maximum Gasteiger partial charge on any atom is 0.329 e. The van der Waals surface area contributed by atoms with Crippen molar-refractivity contribution in [3.05, 3.63) is 23.0 Å². The number of carboxylic acids is 1. The Kier molecular flexibility index (Phi) is 4.38. The molecule has 20 heavy (non-hydrogen) atoms. The molecule has 0 aromatic carbocycles. The van der Waals surface area contributed by atoms with E-state index in [1.54, 1.807) is 16.8 Å². The molecule has 2 N–H and O–H groups in total. The predicted octanol–water partition coefficient (Wildman–Crippen LogP) is 2.68. The van der Waals surface area contributed by atoms with Crippen molar-refractivity contribution < 1.29 is 14.7 Å². The van der Waals surface area contributed by atoms with Gasteiger partial charge in [0, 0.05) is 12.7 Å². The van der Waals surface area contributed by atoms with Crippen LogP contribution in [0.3, 0.4) is 0 Å². The summed E-state index contributed by atoms with van der Waals surface area (Å²) in [4.78, 5) is 23.9. The molecular formula is C14H19ClN2O3. The second-order valence-corrected chi connectivity index (χ2v) is 5.67. The van der Waals surface area contributed by atoms with Gasteiger partial charge in [0.1, 0.15) is 11.2 Å². The number of nitrogens with zero attached hydrogens (tertiary/aromatic N) is 1. The lowest BCUT2D eigenvalue weighted by Gasteiger charge is -2.34. The van der Waals surface area contributed by atoms with Gasteiger partial charge in [-0.05, 0) is 25.8 Å². The Balaban J connectivity index is 2.22. The fourth-order valence-corrected chi connectivity index (χ4v) is 2.98. The minimum Gasteiger partial charge on any atom is -0.480 e. The van der Waals surface area contributed by atoms with Crippen molar-refractivity contribution in [2.45, 2.75) is 51.1 Å². The lowest BCUT2D eigenvalue weighted by atomic mass is 9.81. The minimum atomic E-state index is -1.13. The molecule has 0 bridgehead atoms. The molecule has 0 saturated heterocycles. The van der Waals surface area contributed by atoms with Gasteiger partial charge in [-0.1, -0.05) is 30.9 Å². The molecule has 1 amide bonds. The molecule has 0 atom stereocenters. The summed E-state index contributed by atoms with van der Waals surface area (Å²) in [6, 6.07) is 1.57. The van der Waals surface area contributed by atoms with Gasteiger partial charge < -0.3 is 15.0 Å². The van der Waals surface area contributed by atoms with Crippen molar-refractivity contribution in [3.63, 3.8) is 0 Å². The maximum absolute atomic E-state index is 12.4. The van der Waals surface area contributed by atoms with Crippen LogP contribution in [0.25, 0.3) is 0 Å². The molecule has 1 aliphatic rings. The summed E-state index contributed by atoms with van der Waals surface area (Å²) >= 11 is 5.91. The third-order valence-electron chi connectivity index (χ3n) is 3.91. The molecule has 110 valence electrons. The van der Waals surface area contributed by atoms with E-state index in [1.165, 1.54) is 0 Å². The molecule has 1 fully saturated rings. The number of carboxylic acid groups (broad SMARTS) is 1. The van der Waals surface area contributed by atoms with Crippen molar-refractivity contribution in [2.24, 2.45) is 0 Å². The number of aliphatic carboxylic acids is 1. The zero-order chi connectivity index (χ0) is 14.8. The number of nitrogens with one attached hydrogen (secondary N) is 1. The van der Waals surface area contributed by atoms with Crippen LogP contribution >= 0.6 is 11.6 Å². The summed E-state index contributed by atoms with van der Waals surface area (Å²) in [7, 11) is 0. The number of carbonyl (C=O) groups is 2. The van der Waals surface area contributed by atoms with Crippen LogP contribution in [0.4, 0.5) is 0 Å². The van der Waals surface area contributed by atoms with E-state index in [2.05, 4.69) is 5.32 Å². The molecule has 6 heteroatoms. The fourth-order valence-electron chi connectivity index (χ4n) is 2.76. The minimum absolute atomic E-state index is 0.372. The Morgan fingerprint density at radius 1 is 1.40 bits per heavy atom. The van der Waals surface area contributed by atoms with Gasteiger partial charge in [-0.3, -0.25) is 4.79 Å². The van der Waals surface area contributed by atoms with Crippen molar-refractivity contribution in [3.8, 4) is 0 Å². The first-order valence-corrected chi connectivity index (χ1v) is 7.28. The van der Waals surface area contributed by atoms with E-state index in [0.717, 1.165) is 19.3 Å². The highest BCUT2D eigenvalue weighted by Gasteiger charge is 2.41. The van der Waals surface area contributed by atoms with Gasteiger partial charge in [-0.25, -0.2) is 4.79 Å². The van der Waals surface area contributed by atoms with E-state index >= 15 is 0 Å². The summed E-state index contributed by atoms with van der Waals surface area (Å²) in [6.07, 6.45) is 5.29. The maximum atomic E-state index is 12.4. The first-order chi connectivity index (χ1) is 9.48. The van der Waals surface area contributed by atoms with Crippen LogP contribution in [0, 0.1) is 0 Å². The van der Waals surface area contributed by atoms with Crippen molar-refractivity contribution in [2.75, 3.05) is 0 Å². The Morgan fingerprint density at radius 2 is 2.05 bits per heavy atom. The Labute approximate surface area is 122 Å². The normalized spacial score (nSPS) is 17.7. The van der Waals surface area contributed by atoms with Crippen LogP contribution < -0.4 is 5.32 Å². The van der Waals surface area contributed by atoms with Gasteiger partial charge >= 0.3 is 5.97 Å². The average Bonchev–Trinajstić information content (AvgIpc) is 2.81. The van der Waals surface area contributed by atoms with Crippen molar-refractivity contribution >= 4 is 23.5 Å². The lowest BCUT2D eigenvalue weighted by molar-refractivity contribution is -0.145. The summed E-state index contributed by atoms with van der Waals surface area (Å²) in [5.74, 6) is -1.32. The zero-order valence-electron chi connectivity index (χ0n) is 11.5. The van der Waals surface area contributed by atoms with Crippen LogP contribution in [0.15, 0.2) is 12.3 Å². The molecule has 1 aromatic rings. The van der Waals surface area contributed by atoms with E-state index in [0.29, 0.717) is 30.1 Å². The monoisotopic (exact) mass is 298 g/mol. The molecule has 0 unspecified atom stereocenters. The van der Waals surface area contributed by atoms with Gasteiger partial charge in [0.05, 0.1) is 5.02 Å². The van der Waals surface area contributed by atoms with Crippen LogP contribution in [0.1, 0.15) is 49.5 Å². The largest absolute Gasteiger partial charge is 0.480 e. The second kappa shape index (κ2) is 5.87. The van der Waals surface area contributed by atoms with Gasteiger partial charge in [0.2, 0.25) is 0 Å². The topological polar surface area (TPSA) is 71.3 Å². The SMILES string of the molecule is CCn1cc(Cl)cc1C(=O)NC1(C(=O)O)CCCCC1. The van der Waals surface area contributed by atoms with E-state index in [1.807, 2.05) is 6.92 Å². The number of hydrogen-bond acceptors (Lipinski definition) is 2. The average molecular weight is 299 g/mol. The molecule has 1 heterocycles. The third-order valence-corrected chi connectivity index (χ3v) is 4.11. The van der Waals surface area contributed by atoms with Crippen LogP contribution in [0.2, 0.25) is 5.02 Å². The molecule has 1 aromatic heterocycles. The number of aryl methyl sites for hydroxylation is 1. The molecule has 5 nitrogen and oxygen atoms in total.